The number of rotatable bonds is 14. The van der Waals surface area contributed by atoms with Gasteiger partial charge in [0.15, 0.2) is 0 Å². The molecule has 2 fully saturated rings. The van der Waals surface area contributed by atoms with Crippen LogP contribution in [0.2, 0.25) is 0 Å². The summed E-state index contributed by atoms with van der Waals surface area (Å²) in [5.41, 5.74) is 7.53. The fraction of sp³-hybridized carbons (Fsp3) is 0.628. The lowest BCUT2D eigenvalue weighted by molar-refractivity contribution is -0.154. The van der Waals surface area contributed by atoms with Gasteiger partial charge in [0.25, 0.3) is 0 Å². The largest absolute Gasteiger partial charge is 0.393 e. The number of cyclic esters (lactones) is 2. The third-order valence-electron chi connectivity index (χ3n) is 9.25. The summed E-state index contributed by atoms with van der Waals surface area (Å²) in [7, 11) is 4.00. The van der Waals surface area contributed by atoms with Gasteiger partial charge in [-0.3, -0.25) is 24.1 Å². The Morgan fingerprint density at radius 1 is 0.731 bits per heavy atom. The average molecular weight is 729 g/mol. The lowest BCUT2D eigenvalue weighted by Crippen LogP contribution is -2.34. The Morgan fingerprint density at radius 2 is 1.21 bits per heavy atom. The quantitative estimate of drug-likeness (QED) is 0.0866. The second-order valence-corrected chi connectivity index (χ2v) is 13.5. The number of ether oxygens (including phenoxy) is 1. The van der Waals surface area contributed by atoms with Crippen LogP contribution in [-0.4, -0.2) is 79.9 Å². The second kappa shape index (κ2) is 27.2. The van der Waals surface area contributed by atoms with E-state index in [1.54, 1.807) is 6.92 Å². The minimum absolute atomic E-state index is 0. The van der Waals surface area contributed by atoms with Crippen LogP contribution in [0.3, 0.4) is 0 Å². The van der Waals surface area contributed by atoms with Crippen molar-refractivity contribution in [1.82, 2.24) is 15.1 Å². The zero-order chi connectivity index (χ0) is 35.8. The Bertz CT molecular complexity index is 1270. The van der Waals surface area contributed by atoms with Gasteiger partial charge >= 0.3 is 11.9 Å². The average Bonchev–Trinajstić information content (AvgIpc) is 3.44. The molecule has 2 aromatic rings. The number of benzene rings is 2. The molecule has 2 aliphatic rings. The maximum absolute atomic E-state index is 12.9. The van der Waals surface area contributed by atoms with Crippen molar-refractivity contribution in [3.63, 3.8) is 0 Å². The van der Waals surface area contributed by atoms with E-state index >= 15 is 0 Å². The van der Waals surface area contributed by atoms with Crippen molar-refractivity contribution in [2.45, 2.75) is 115 Å². The van der Waals surface area contributed by atoms with Gasteiger partial charge in [-0.05, 0) is 82.4 Å². The van der Waals surface area contributed by atoms with E-state index in [9.17, 15) is 19.2 Å². The normalized spacial score (nSPS) is 20.2. The van der Waals surface area contributed by atoms with Crippen molar-refractivity contribution in [2.75, 3.05) is 40.3 Å². The molecule has 6 unspecified atom stereocenters. The Kier molecular flexibility index (Phi) is 27.7. The molecule has 298 valence electrons. The summed E-state index contributed by atoms with van der Waals surface area (Å²) in [4.78, 5) is 52.1. The highest BCUT2D eigenvalue weighted by atomic mass is 16.6. The molecule has 52 heavy (non-hydrogen) atoms. The standard InChI is InChI=1S/C19H28N2O2.C14H16O3.C6H16N2.4CH4/c1-5-16(15-10-7-6-8-11-15)17-14(2)18(22)21(19(17)23)13-9-12-20(3)4;1-3-11(10-7-5-4-6-8-10)12-9(2)13(15)17-14(12)16;1-6(2)8-5-3-4-7;;;;/h6-8,10-11,14,16-17H,5,9,12-13H2,1-4H3;4-9,11-12H,3H2,1-2H3;6,8H,3-5,7H2,1-2H3;4*1H4. The van der Waals surface area contributed by atoms with Crippen LogP contribution < -0.4 is 11.1 Å². The zero-order valence-electron chi connectivity index (χ0n) is 30.5. The molecule has 2 heterocycles. The molecule has 0 aromatic heterocycles. The summed E-state index contributed by atoms with van der Waals surface area (Å²) in [5, 5.41) is 3.27. The van der Waals surface area contributed by atoms with Gasteiger partial charge in [-0.1, -0.05) is 132 Å². The first-order valence-corrected chi connectivity index (χ1v) is 17.7. The van der Waals surface area contributed by atoms with Gasteiger partial charge < -0.3 is 20.7 Å². The van der Waals surface area contributed by atoms with Crippen LogP contribution in [0.5, 0.6) is 0 Å². The number of amides is 2. The minimum Gasteiger partial charge on any atom is -0.393 e. The van der Waals surface area contributed by atoms with Crippen LogP contribution in [0.4, 0.5) is 0 Å². The first-order valence-electron chi connectivity index (χ1n) is 17.7. The summed E-state index contributed by atoms with van der Waals surface area (Å²) in [6, 6.07) is 20.5. The van der Waals surface area contributed by atoms with E-state index in [2.05, 4.69) is 43.1 Å². The van der Waals surface area contributed by atoms with E-state index in [4.69, 9.17) is 10.5 Å². The predicted molar refractivity (Wildman–Crippen MR) is 219 cm³/mol. The smallest absolute Gasteiger partial charge is 0.318 e. The van der Waals surface area contributed by atoms with Crippen molar-refractivity contribution in [3.05, 3.63) is 71.8 Å². The number of carbonyl (C=O) groups is 4. The number of hydrogen-bond acceptors (Lipinski definition) is 8. The molecule has 6 atom stereocenters. The molecule has 2 amide bonds. The van der Waals surface area contributed by atoms with Crippen LogP contribution in [0.1, 0.15) is 120 Å². The first-order chi connectivity index (χ1) is 22.9. The van der Waals surface area contributed by atoms with Crippen molar-refractivity contribution in [3.8, 4) is 0 Å². The van der Waals surface area contributed by atoms with Crippen LogP contribution in [0.15, 0.2) is 60.7 Å². The van der Waals surface area contributed by atoms with Gasteiger partial charge in [-0.2, -0.15) is 0 Å². The van der Waals surface area contributed by atoms with Crippen molar-refractivity contribution in [1.29, 1.82) is 0 Å². The van der Waals surface area contributed by atoms with E-state index in [-0.39, 0.29) is 83.0 Å². The molecule has 0 spiro atoms. The van der Waals surface area contributed by atoms with Gasteiger partial charge in [-0.25, -0.2) is 0 Å². The lowest BCUT2D eigenvalue weighted by Gasteiger charge is -2.23. The van der Waals surface area contributed by atoms with Crippen molar-refractivity contribution >= 4 is 23.8 Å². The Morgan fingerprint density at radius 3 is 1.60 bits per heavy atom. The topological polar surface area (TPSA) is 122 Å². The van der Waals surface area contributed by atoms with Crippen LogP contribution >= 0.6 is 0 Å². The Hall–Kier alpha value is -3.40. The SMILES string of the molecule is C.C.C.C.CC(C)NCCCN.CCC(c1ccccc1)C1C(=O)N(CCCN(C)C)C(=O)C1C.CCC(c1ccccc1)C1C(=O)OC(=O)C1C. The predicted octanol–water partition coefficient (Wildman–Crippen LogP) is 8.15. The molecule has 9 nitrogen and oxygen atoms in total. The molecule has 0 aliphatic carbocycles. The molecule has 9 heteroatoms. The second-order valence-electron chi connectivity index (χ2n) is 13.5. The van der Waals surface area contributed by atoms with Crippen molar-refractivity contribution in [2.24, 2.45) is 29.4 Å². The van der Waals surface area contributed by atoms with Gasteiger partial charge in [0.1, 0.15) is 0 Å². The highest BCUT2D eigenvalue weighted by molar-refractivity contribution is 6.05. The number of carbonyl (C=O) groups excluding carboxylic acids is 4. The third-order valence-corrected chi connectivity index (χ3v) is 9.25. The monoisotopic (exact) mass is 729 g/mol. The molecule has 0 radical (unpaired) electrons. The first kappa shape index (κ1) is 53.0. The summed E-state index contributed by atoms with van der Waals surface area (Å²) in [6.45, 7) is 15.3. The molecular weight excluding hydrogens is 652 g/mol. The molecular formula is C43H76N4O5. The maximum Gasteiger partial charge on any atom is 0.318 e. The van der Waals surface area contributed by atoms with E-state index in [0.29, 0.717) is 12.6 Å². The summed E-state index contributed by atoms with van der Waals surface area (Å²) < 4.78 is 4.71. The summed E-state index contributed by atoms with van der Waals surface area (Å²) >= 11 is 0. The van der Waals surface area contributed by atoms with E-state index in [1.807, 2.05) is 76.5 Å². The fourth-order valence-corrected chi connectivity index (χ4v) is 6.60. The number of hydrogen-bond donors (Lipinski definition) is 2. The molecule has 4 rings (SSSR count). The zero-order valence-corrected chi connectivity index (χ0v) is 30.5. The van der Waals surface area contributed by atoms with Crippen LogP contribution in [0, 0.1) is 23.7 Å². The number of nitrogens with one attached hydrogen (secondary N) is 1. The Labute approximate surface area is 318 Å². The van der Waals surface area contributed by atoms with Crippen LogP contribution in [0.25, 0.3) is 0 Å². The minimum atomic E-state index is -0.394. The maximum atomic E-state index is 12.9. The molecule has 2 aliphatic heterocycles. The van der Waals surface area contributed by atoms with Gasteiger partial charge in [0.2, 0.25) is 11.8 Å². The molecule has 2 saturated heterocycles. The number of imide groups is 1. The van der Waals surface area contributed by atoms with E-state index < -0.39 is 5.97 Å². The summed E-state index contributed by atoms with van der Waals surface area (Å²) in [5.74, 6) is -1.73. The van der Waals surface area contributed by atoms with Gasteiger partial charge in [-0.15, -0.1) is 0 Å². The van der Waals surface area contributed by atoms with Gasteiger partial charge in [0, 0.05) is 18.5 Å². The Balaban J connectivity index is -0.000000735. The molecule has 3 N–H and O–H groups in total. The van der Waals surface area contributed by atoms with Crippen molar-refractivity contribution < 1.29 is 23.9 Å². The fourth-order valence-electron chi connectivity index (χ4n) is 6.60. The number of nitrogens with zero attached hydrogens (tertiary/aromatic N) is 2. The van der Waals surface area contributed by atoms with E-state index in [0.717, 1.165) is 56.4 Å². The number of nitrogens with two attached hydrogens (primary N) is 1. The number of likely N-dealkylation sites (tertiary alicyclic amines) is 1. The summed E-state index contributed by atoms with van der Waals surface area (Å²) in [6.07, 6.45) is 3.59. The molecule has 0 bridgehead atoms. The molecule has 2 aromatic carbocycles. The highest BCUT2D eigenvalue weighted by Crippen LogP contribution is 2.40. The molecule has 0 saturated carbocycles. The third kappa shape index (κ3) is 15.3. The number of esters is 2. The van der Waals surface area contributed by atoms with Crippen LogP contribution in [-0.2, 0) is 23.9 Å². The van der Waals surface area contributed by atoms with Gasteiger partial charge in [0.05, 0.1) is 17.8 Å². The van der Waals surface area contributed by atoms with E-state index in [1.165, 1.54) is 4.90 Å². The lowest BCUT2D eigenvalue weighted by atomic mass is 9.78. The highest BCUT2D eigenvalue weighted by Gasteiger charge is 2.48.